The minimum atomic E-state index is 0.877. The predicted octanol–water partition coefficient (Wildman–Crippen LogP) is 14.1. The predicted molar refractivity (Wildman–Crippen MR) is 225 cm³/mol. The van der Waals surface area contributed by atoms with Crippen molar-refractivity contribution < 1.29 is 0 Å². The standard InChI is InChI=1S/C50H90N2/c1-7-9-11-39-21-31-45-47(33-39)49(51(41-23-13-35(3)14-24-41)42-25-15-36(4)16-26-42)46-32-22-40(12-10-8-2)34-48(46)50(45)52(43-27-17-37(5)18-28-43)44-29-19-38(6)20-30-44/h35-50H,7-34H2,1-6H3. The molecule has 7 aliphatic rings. The van der Waals surface area contributed by atoms with Crippen molar-refractivity contribution in [2.45, 2.75) is 258 Å². The Morgan fingerprint density at radius 1 is 0.346 bits per heavy atom. The molecule has 0 aromatic heterocycles. The minimum Gasteiger partial charge on any atom is -0.294 e. The van der Waals surface area contributed by atoms with Gasteiger partial charge in [-0.1, -0.05) is 92.9 Å². The molecule has 0 spiro atoms. The Labute approximate surface area is 325 Å². The number of rotatable bonds is 12. The second kappa shape index (κ2) is 18.9. The fourth-order valence-electron chi connectivity index (χ4n) is 15.0. The monoisotopic (exact) mass is 719 g/mol. The third-order valence-electron chi connectivity index (χ3n) is 18.1. The quantitative estimate of drug-likeness (QED) is 0.198. The normalized spacial score (nSPS) is 46.2. The second-order valence-corrected chi connectivity index (χ2v) is 21.8. The van der Waals surface area contributed by atoms with Gasteiger partial charge in [-0.15, -0.1) is 0 Å². The molecule has 8 atom stereocenters. The van der Waals surface area contributed by atoms with Crippen LogP contribution in [-0.2, 0) is 0 Å². The molecule has 0 radical (unpaired) electrons. The molecule has 0 aliphatic heterocycles. The Hall–Kier alpha value is -0.0800. The zero-order chi connectivity index (χ0) is 36.2. The topological polar surface area (TPSA) is 6.48 Å². The molecule has 7 saturated carbocycles. The highest BCUT2D eigenvalue weighted by Gasteiger charge is 2.59. The molecule has 7 fully saturated rings. The van der Waals surface area contributed by atoms with Gasteiger partial charge in [0.25, 0.3) is 0 Å². The first-order valence-electron chi connectivity index (χ1n) is 24.9. The van der Waals surface area contributed by atoms with E-state index in [9.17, 15) is 0 Å². The number of fused-ring (bicyclic) bond motifs is 2. The fourth-order valence-corrected chi connectivity index (χ4v) is 15.0. The summed E-state index contributed by atoms with van der Waals surface area (Å²) < 4.78 is 0. The summed E-state index contributed by atoms with van der Waals surface area (Å²) in [5, 5.41) is 0. The fraction of sp³-hybridized carbons (Fsp3) is 1.00. The molecule has 300 valence electrons. The van der Waals surface area contributed by atoms with E-state index < -0.39 is 0 Å². The molecular weight excluding hydrogens is 629 g/mol. The third-order valence-corrected chi connectivity index (χ3v) is 18.1. The molecule has 52 heavy (non-hydrogen) atoms. The summed E-state index contributed by atoms with van der Waals surface area (Å²) in [6, 6.07) is 5.28. The Bertz CT molecular complexity index is 897. The van der Waals surface area contributed by atoms with Crippen LogP contribution in [0, 0.1) is 59.2 Å². The van der Waals surface area contributed by atoms with Crippen molar-refractivity contribution in [3.05, 3.63) is 0 Å². The van der Waals surface area contributed by atoms with Crippen molar-refractivity contribution in [2.24, 2.45) is 59.2 Å². The van der Waals surface area contributed by atoms with E-state index in [1.54, 1.807) is 38.5 Å². The van der Waals surface area contributed by atoms with Crippen LogP contribution in [0.1, 0.15) is 221 Å². The molecule has 0 amide bonds. The Morgan fingerprint density at radius 3 is 0.904 bits per heavy atom. The molecule has 0 aromatic carbocycles. The lowest BCUT2D eigenvalue weighted by Crippen LogP contribution is -2.69. The molecule has 2 heteroatoms. The first-order chi connectivity index (χ1) is 25.3. The van der Waals surface area contributed by atoms with Gasteiger partial charge in [-0.2, -0.15) is 0 Å². The maximum absolute atomic E-state index is 3.49. The third kappa shape index (κ3) is 9.21. The lowest BCUT2D eigenvalue weighted by atomic mass is 9.51. The van der Waals surface area contributed by atoms with Crippen molar-refractivity contribution in [1.82, 2.24) is 9.80 Å². The summed E-state index contributed by atoms with van der Waals surface area (Å²) in [6.07, 6.45) is 42.2. The van der Waals surface area contributed by atoms with E-state index in [4.69, 9.17) is 0 Å². The molecular formula is C50H90N2. The highest BCUT2D eigenvalue weighted by atomic mass is 15.3. The number of nitrogens with zero attached hydrogens (tertiary/aromatic N) is 2. The number of hydrogen-bond donors (Lipinski definition) is 0. The second-order valence-electron chi connectivity index (χ2n) is 21.8. The average Bonchev–Trinajstić information content (AvgIpc) is 3.16. The molecule has 8 unspecified atom stereocenters. The number of hydrogen-bond acceptors (Lipinski definition) is 2. The van der Waals surface area contributed by atoms with Gasteiger partial charge in [0.15, 0.2) is 0 Å². The zero-order valence-electron chi connectivity index (χ0n) is 35.9. The van der Waals surface area contributed by atoms with Gasteiger partial charge in [0.05, 0.1) is 0 Å². The smallest absolute Gasteiger partial charge is 0.0164 e. The van der Waals surface area contributed by atoms with Crippen LogP contribution in [0.3, 0.4) is 0 Å². The highest BCUT2D eigenvalue weighted by molar-refractivity contribution is 5.11. The molecule has 0 heterocycles. The first kappa shape index (κ1) is 40.1. The van der Waals surface area contributed by atoms with Crippen molar-refractivity contribution >= 4 is 0 Å². The zero-order valence-corrected chi connectivity index (χ0v) is 35.9. The summed E-state index contributed by atoms with van der Waals surface area (Å²) in [4.78, 5) is 6.99. The van der Waals surface area contributed by atoms with Crippen molar-refractivity contribution in [3.63, 3.8) is 0 Å². The van der Waals surface area contributed by atoms with Gasteiger partial charge in [0.2, 0.25) is 0 Å². The Morgan fingerprint density at radius 2 is 0.635 bits per heavy atom. The van der Waals surface area contributed by atoms with Gasteiger partial charge in [-0.3, -0.25) is 9.80 Å². The van der Waals surface area contributed by atoms with Crippen LogP contribution in [0.4, 0.5) is 0 Å². The van der Waals surface area contributed by atoms with Gasteiger partial charge in [0.1, 0.15) is 0 Å². The van der Waals surface area contributed by atoms with Crippen LogP contribution in [-0.4, -0.2) is 46.1 Å². The molecule has 7 rings (SSSR count). The van der Waals surface area contributed by atoms with E-state index in [1.807, 2.05) is 0 Å². The maximum Gasteiger partial charge on any atom is 0.0164 e. The summed E-state index contributed by atoms with van der Waals surface area (Å²) in [5.74, 6) is 9.64. The van der Waals surface area contributed by atoms with E-state index >= 15 is 0 Å². The van der Waals surface area contributed by atoms with Crippen molar-refractivity contribution in [3.8, 4) is 0 Å². The molecule has 7 aliphatic carbocycles. The Kier molecular flexibility index (Phi) is 14.6. The van der Waals surface area contributed by atoms with E-state index in [1.165, 1.54) is 141 Å². The lowest BCUT2D eigenvalue weighted by Gasteiger charge is -2.65. The van der Waals surface area contributed by atoms with E-state index in [-0.39, 0.29) is 0 Å². The van der Waals surface area contributed by atoms with E-state index in [0.717, 1.165) is 95.4 Å². The van der Waals surface area contributed by atoms with Gasteiger partial charge >= 0.3 is 0 Å². The summed E-state index contributed by atoms with van der Waals surface area (Å²) >= 11 is 0. The largest absolute Gasteiger partial charge is 0.294 e. The minimum absolute atomic E-state index is 0.877. The Balaban J connectivity index is 1.30. The van der Waals surface area contributed by atoms with Gasteiger partial charge in [-0.05, 0) is 188 Å². The van der Waals surface area contributed by atoms with Crippen LogP contribution < -0.4 is 0 Å². The first-order valence-corrected chi connectivity index (χ1v) is 24.9. The van der Waals surface area contributed by atoms with E-state index in [2.05, 4.69) is 51.3 Å². The highest BCUT2D eigenvalue weighted by Crippen LogP contribution is 2.59. The van der Waals surface area contributed by atoms with Crippen molar-refractivity contribution in [2.75, 3.05) is 0 Å². The SMILES string of the molecule is CCCCC1CCC2C(C1)C(N(C1CCC(C)CC1)C1CCC(C)CC1)C1CCC(CCCC)CC1C2N(C1CCC(C)CC1)C1CCC(C)CC1. The summed E-state index contributed by atoms with van der Waals surface area (Å²) in [7, 11) is 0. The number of unbranched alkanes of at least 4 members (excludes halogenated alkanes) is 2. The van der Waals surface area contributed by atoms with Crippen LogP contribution in [0.15, 0.2) is 0 Å². The lowest BCUT2D eigenvalue weighted by molar-refractivity contribution is -0.159. The molecule has 0 saturated heterocycles. The van der Waals surface area contributed by atoms with Gasteiger partial charge < -0.3 is 0 Å². The van der Waals surface area contributed by atoms with E-state index in [0.29, 0.717) is 0 Å². The van der Waals surface area contributed by atoms with Crippen LogP contribution in [0.2, 0.25) is 0 Å². The van der Waals surface area contributed by atoms with Gasteiger partial charge in [-0.25, -0.2) is 0 Å². The molecule has 2 nitrogen and oxygen atoms in total. The summed E-state index contributed by atoms with van der Waals surface area (Å²) in [6.45, 7) is 15.2. The molecule has 0 aromatic rings. The summed E-state index contributed by atoms with van der Waals surface area (Å²) in [5.41, 5.74) is 0. The van der Waals surface area contributed by atoms with Gasteiger partial charge in [0, 0.05) is 36.3 Å². The average molecular weight is 719 g/mol. The van der Waals surface area contributed by atoms with Crippen LogP contribution in [0.25, 0.3) is 0 Å². The molecule has 0 N–H and O–H groups in total. The molecule has 0 bridgehead atoms. The van der Waals surface area contributed by atoms with Crippen LogP contribution in [0.5, 0.6) is 0 Å². The van der Waals surface area contributed by atoms with Crippen LogP contribution >= 0.6 is 0 Å². The van der Waals surface area contributed by atoms with Crippen molar-refractivity contribution in [1.29, 1.82) is 0 Å². The maximum atomic E-state index is 3.49.